The van der Waals surface area contributed by atoms with E-state index in [1.165, 1.54) is 0 Å². The molecule has 0 spiro atoms. The summed E-state index contributed by atoms with van der Waals surface area (Å²) in [6, 6.07) is 11.7. The van der Waals surface area contributed by atoms with E-state index in [0.29, 0.717) is 18.8 Å². The molecular formula is C28H33N5O3. The van der Waals surface area contributed by atoms with Gasteiger partial charge in [-0.2, -0.15) is 5.10 Å². The first-order valence-corrected chi connectivity index (χ1v) is 11.9. The van der Waals surface area contributed by atoms with Gasteiger partial charge in [0.1, 0.15) is 12.4 Å². The fraction of sp³-hybridized carbons (Fsp3) is 0.286. The molecule has 36 heavy (non-hydrogen) atoms. The number of carbonyl (C=O) groups excluding carboxylic acids is 1. The molecule has 0 fully saturated rings. The van der Waals surface area contributed by atoms with Crippen molar-refractivity contribution in [3.8, 4) is 16.9 Å². The van der Waals surface area contributed by atoms with Crippen molar-refractivity contribution >= 4 is 11.6 Å². The average Bonchev–Trinajstić information content (AvgIpc) is 3.31. The normalized spacial score (nSPS) is 13.7. The Bertz CT molecular complexity index is 1270. The minimum absolute atomic E-state index is 0.127. The molecule has 0 saturated carbocycles. The summed E-state index contributed by atoms with van der Waals surface area (Å²) in [5, 5.41) is 7.46. The van der Waals surface area contributed by atoms with Gasteiger partial charge < -0.3 is 24.6 Å². The molecule has 0 unspecified atom stereocenters. The van der Waals surface area contributed by atoms with Gasteiger partial charge in [-0.1, -0.05) is 6.07 Å². The first-order valence-electron chi connectivity index (χ1n) is 11.9. The van der Waals surface area contributed by atoms with Gasteiger partial charge >= 0.3 is 0 Å². The minimum Gasteiger partial charge on any atom is -0.491 e. The second-order valence-corrected chi connectivity index (χ2v) is 8.90. The third-order valence-electron chi connectivity index (χ3n) is 6.06. The lowest BCUT2D eigenvalue weighted by Gasteiger charge is -2.23. The first-order chi connectivity index (χ1) is 17.3. The Morgan fingerprint density at radius 2 is 1.81 bits per heavy atom. The van der Waals surface area contributed by atoms with Gasteiger partial charge in [0.2, 0.25) is 0 Å². The van der Waals surface area contributed by atoms with E-state index in [-0.39, 0.29) is 11.9 Å². The Labute approximate surface area is 212 Å². The highest BCUT2D eigenvalue weighted by Gasteiger charge is 2.17. The summed E-state index contributed by atoms with van der Waals surface area (Å²) in [6.45, 7) is 4.86. The highest BCUT2D eigenvalue weighted by atomic mass is 16.5. The van der Waals surface area contributed by atoms with Crippen molar-refractivity contribution in [2.45, 2.75) is 19.9 Å². The molecule has 0 aliphatic carbocycles. The number of hydrogen-bond donors (Lipinski definition) is 1. The molecular weight excluding hydrogens is 454 g/mol. The number of rotatable bonds is 9. The molecule has 0 bridgehead atoms. The molecule has 1 N–H and O–H groups in total. The van der Waals surface area contributed by atoms with Gasteiger partial charge in [0.05, 0.1) is 18.8 Å². The summed E-state index contributed by atoms with van der Waals surface area (Å²) in [7, 11) is 5.50. The monoisotopic (exact) mass is 487 g/mol. The minimum atomic E-state index is -0.245. The Kier molecular flexibility index (Phi) is 7.75. The van der Waals surface area contributed by atoms with E-state index in [1.807, 2.05) is 105 Å². The SMILES string of the molecule is COCCOc1cc(-c2cnn(C)c2)cc([C@@H](C)NC(=O)c2cc(N3C=CN(C)C=C3)ccc2C)c1. The quantitative estimate of drug-likeness (QED) is 0.445. The number of benzene rings is 2. The van der Waals surface area contributed by atoms with Crippen molar-refractivity contribution in [1.29, 1.82) is 0 Å². The van der Waals surface area contributed by atoms with Gasteiger partial charge in [0.15, 0.2) is 0 Å². The van der Waals surface area contributed by atoms with Gasteiger partial charge in [-0.3, -0.25) is 9.48 Å². The number of carbonyl (C=O) groups is 1. The number of hydrogen-bond acceptors (Lipinski definition) is 6. The highest BCUT2D eigenvalue weighted by Crippen LogP contribution is 2.29. The zero-order valence-electron chi connectivity index (χ0n) is 21.4. The van der Waals surface area contributed by atoms with Crippen molar-refractivity contribution < 1.29 is 14.3 Å². The molecule has 188 valence electrons. The zero-order chi connectivity index (χ0) is 25.7. The number of anilines is 1. The third kappa shape index (κ3) is 5.95. The standard InChI is InChI=1S/C28H33N5O3/c1-20-6-7-25(33-10-8-31(3)9-11-33)17-27(20)28(34)30-21(2)22-14-23(24-18-29-32(4)19-24)16-26(15-22)36-13-12-35-5/h6-11,14-19,21H,12-13H2,1-5H3,(H,30,34)/t21-/m1/s1. The number of ether oxygens (including phenoxy) is 2. The predicted molar refractivity (Wildman–Crippen MR) is 142 cm³/mol. The van der Waals surface area contributed by atoms with Crippen LogP contribution >= 0.6 is 0 Å². The van der Waals surface area contributed by atoms with Crippen LogP contribution < -0.4 is 15.0 Å². The van der Waals surface area contributed by atoms with Crippen LogP contribution in [-0.2, 0) is 11.8 Å². The second kappa shape index (κ2) is 11.1. The van der Waals surface area contributed by atoms with Gasteiger partial charge in [-0.05, 0) is 60.9 Å². The van der Waals surface area contributed by atoms with Crippen LogP contribution in [0.4, 0.5) is 5.69 Å². The lowest BCUT2D eigenvalue weighted by atomic mass is 10.0. The van der Waals surface area contributed by atoms with Crippen LogP contribution in [0, 0.1) is 6.92 Å². The van der Waals surface area contributed by atoms with E-state index in [1.54, 1.807) is 11.8 Å². The van der Waals surface area contributed by atoms with Gasteiger partial charge in [0.25, 0.3) is 5.91 Å². The van der Waals surface area contributed by atoms with Gasteiger partial charge in [-0.25, -0.2) is 0 Å². The van der Waals surface area contributed by atoms with E-state index in [9.17, 15) is 4.79 Å². The number of aromatic nitrogens is 2. The van der Waals surface area contributed by atoms with Crippen LogP contribution in [0.5, 0.6) is 5.75 Å². The van der Waals surface area contributed by atoms with Crippen LogP contribution in [0.1, 0.15) is 34.5 Å². The number of amides is 1. The summed E-state index contributed by atoms with van der Waals surface area (Å²) in [5.41, 5.74) is 5.37. The number of aryl methyl sites for hydroxylation is 2. The summed E-state index contributed by atoms with van der Waals surface area (Å²) >= 11 is 0. The lowest BCUT2D eigenvalue weighted by Crippen LogP contribution is -2.27. The molecule has 2 aromatic carbocycles. The first kappa shape index (κ1) is 25.1. The van der Waals surface area contributed by atoms with E-state index in [0.717, 1.165) is 33.7 Å². The van der Waals surface area contributed by atoms with Gasteiger partial charge in [-0.15, -0.1) is 0 Å². The largest absolute Gasteiger partial charge is 0.491 e. The molecule has 0 saturated heterocycles. The third-order valence-corrected chi connectivity index (χ3v) is 6.06. The molecule has 1 aromatic heterocycles. The molecule has 4 rings (SSSR count). The zero-order valence-corrected chi connectivity index (χ0v) is 21.4. The Balaban J connectivity index is 1.57. The summed E-state index contributed by atoms with van der Waals surface area (Å²) < 4.78 is 12.8. The van der Waals surface area contributed by atoms with Crippen molar-refractivity contribution in [1.82, 2.24) is 20.0 Å². The number of methoxy groups -OCH3 is 1. The maximum atomic E-state index is 13.4. The van der Waals surface area contributed by atoms with E-state index in [2.05, 4.69) is 16.5 Å². The van der Waals surface area contributed by atoms with Crippen LogP contribution in [0.3, 0.4) is 0 Å². The summed E-state index contributed by atoms with van der Waals surface area (Å²) in [5.74, 6) is 0.592. The molecule has 1 aliphatic rings. The van der Waals surface area contributed by atoms with E-state index < -0.39 is 0 Å². The predicted octanol–water partition coefficient (Wildman–Crippen LogP) is 4.61. The number of nitrogens with zero attached hydrogens (tertiary/aromatic N) is 4. The molecule has 0 radical (unpaired) electrons. The fourth-order valence-corrected chi connectivity index (χ4v) is 3.93. The summed E-state index contributed by atoms with van der Waals surface area (Å²) in [4.78, 5) is 17.3. The van der Waals surface area contributed by atoms with E-state index in [4.69, 9.17) is 9.47 Å². The molecule has 8 heteroatoms. The van der Waals surface area contributed by atoms with Crippen LogP contribution in [0.15, 0.2) is 73.6 Å². The second-order valence-electron chi connectivity index (χ2n) is 8.90. The van der Waals surface area contributed by atoms with Crippen molar-refractivity contribution in [2.24, 2.45) is 7.05 Å². The molecule has 2 heterocycles. The maximum absolute atomic E-state index is 13.4. The van der Waals surface area contributed by atoms with Crippen LogP contribution in [0.25, 0.3) is 11.1 Å². The molecule has 3 aromatic rings. The van der Waals surface area contributed by atoms with Crippen LogP contribution in [-0.4, -0.2) is 48.0 Å². The van der Waals surface area contributed by atoms with Crippen LogP contribution in [0.2, 0.25) is 0 Å². The highest BCUT2D eigenvalue weighted by molar-refractivity contribution is 5.97. The average molecular weight is 488 g/mol. The number of nitrogens with one attached hydrogen (secondary N) is 1. The van der Waals surface area contributed by atoms with Crippen molar-refractivity contribution in [3.05, 3.63) is 90.3 Å². The van der Waals surface area contributed by atoms with E-state index >= 15 is 0 Å². The van der Waals surface area contributed by atoms with Crippen molar-refractivity contribution in [3.63, 3.8) is 0 Å². The van der Waals surface area contributed by atoms with Crippen molar-refractivity contribution in [2.75, 3.05) is 32.3 Å². The molecule has 8 nitrogen and oxygen atoms in total. The summed E-state index contributed by atoms with van der Waals surface area (Å²) in [6.07, 6.45) is 11.6. The molecule has 1 amide bonds. The Morgan fingerprint density at radius 1 is 1.03 bits per heavy atom. The smallest absolute Gasteiger partial charge is 0.252 e. The maximum Gasteiger partial charge on any atom is 0.252 e. The lowest BCUT2D eigenvalue weighted by molar-refractivity contribution is 0.0939. The Hall–Kier alpha value is -4.04. The molecule has 1 atom stereocenters. The fourth-order valence-electron chi connectivity index (χ4n) is 3.93. The van der Waals surface area contributed by atoms with Gasteiger partial charge in [0, 0.05) is 69.0 Å². The topological polar surface area (TPSA) is 71.9 Å². The molecule has 1 aliphatic heterocycles. The Morgan fingerprint density at radius 3 is 2.50 bits per heavy atom.